The zero-order chi connectivity index (χ0) is 11.7. The van der Waals surface area contributed by atoms with Crippen LogP contribution in [0.1, 0.15) is 5.01 Å². The van der Waals surface area contributed by atoms with Crippen LogP contribution in [-0.2, 0) is 11.3 Å². The molecule has 1 fully saturated rings. The molecule has 1 aliphatic heterocycles. The molecule has 2 rings (SSSR count). The molecule has 0 aliphatic carbocycles. The first-order valence-electron chi connectivity index (χ1n) is 4.67. The van der Waals surface area contributed by atoms with E-state index in [-0.39, 0.29) is 25.0 Å². The molecule has 0 spiro atoms. The molecular weight excluding hydrogens is 230 g/mol. The van der Waals surface area contributed by atoms with Gasteiger partial charge >= 0.3 is 6.03 Å². The lowest BCUT2D eigenvalue weighted by atomic mass is 10.5. The van der Waals surface area contributed by atoms with Crippen LogP contribution in [0.15, 0.2) is 0 Å². The van der Waals surface area contributed by atoms with Crippen molar-refractivity contribution < 1.29 is 9.59 Å². The van der Waals surface area contributed by atoms with Crippen LogP contribution in [0.5, 0.6) is 0 Å². The van der Waals surface area contributed by atoms with Crippen LogP contribution >= 0.6 is 11.3 Å². The van der Waals surface area contributed by atoms with Crippen molar-refractivity contribution in [3.63, 3.8) is 0 Å². The molecule has 3 amide bonds. The summed E-state index contributed by atoms with van der Waals surface area (Å²) in [6, 6.07) is -0.286. The molecule has 0 saturated carbocycles. The molecule has 2 heterocycles. The van der Waals surface area contributed by atoms with Gasteiger partial charge in [0.25, 0.3) is 5.91 Å². The molecule has 0 unspecified atom stereocenters. The average molecular weight is 241 g/mol. The maximum Gasteiger partial charge on any atom is 0.327 e. The molecule has 0 radical (unpaired) electrons. The predicted molar refractivity (Wildman–Crippen MR) is 58.0 cm³/mol. The highest BCUT2D eigenvalue weighted by atomic mass is 32.1. The van der Waals surface area contributed by atoms with Gasteiger partial charge in [-0.25, -0.2) is 4.79 Å². The summed E-state index contributed by atoms with van der Waals surface area (Å²) >= 11 is 1.33. The number of nitrogens with zero attached hydrogens (tertiary/aromatic N) is 4. The lowest BCUT2D eigenvalue weighted by Crippen LogP contribution is -2.30. The number of urea groups is 1. The highest BCUT2D eigenvalue weighted by Gasteiger charge is 2.34. The second-order valence-corrected chi connectivity index (χ2v) is 4.43. The van der Waals surface area contributed by atoms with Crippen LogP contribution in [0, 0.1) is 0 Å². The van der Waals surface area contributed by atoms with Crippen molar-refractivity contribution in [1.29, 1.82) is 0 Å². The highest BCUT2D eigenvalue weighted by molar-refractivity contribution is 7.15. The van der Waals surface area contributed by atoms with Gasteiger partial charge in [-0.1, -0.05) is 11.3 Å². The third-order valence-corrected chi connectivity index (χ3v) is 3.13. The molecule has 1 aromatic rings. The molecule has 0 atom stereocenters. The number of hydrogen-bond acceptors (Lipinski definition) is 6. The Bertz CT molecular complexity index is 432. The van der Waals surface area contributed by atoms with Crippen molar-refractivity contribution in [2.75, 3.05) is 26.0 Å². The van der Waals surface area contributed by atoms with E-state index in [1.54, 1.807) is 14.1 Å². The minimum Gasteiger partial charge on any atom is -0.363 e. The molecule has 8 heteroatoms. The molecule has 7 nitrogen and oxygen atoms in total. The van der Waals surface area contributed by atoms with E-state index in [4.69, 9.17) is 0 Å². The van der Waals surface area contributed by atoms with E-state index < -0.39 is 0 Å². The molecule has 86 valence electrons. The third-order valence-electron chi connectivity index (χ3n) is 2.21. The largest absolute Gasteiger partial charge is 0.363 e. The molecule has 1 saturated heterocycles. The normalized spacial score (nSPS) is 16.1. The molecule has 16 heavy (non-hydrogen) atoms. The fraction of sp³-hybridized carbons (Fsp3) is 0.500. The van der Waals surface area contributed by atoms with E-state index in [0.29, 0.717) is 10.1 Å². The number of aromatic nitrogens is 2. The van der Waals surface area contributed by atoms with Crippen LogP contribution in [0.25, 0.3) is 0 Å². The Balaban J connectivity index is 2.09. The van der Waals surface area contributed by atoms with Gasteiger partial charge < -0.3 is 10.2 Å². The minimum absolute atomic E-state index is 0.135. The van der Waals surface area contributed by atoms with E-state index in [0.717, 1.165) is 0 Å². The molecule has 0 bridgehead atoms. The number of likely N-dealkylation sites (N-methyl/N-ethyl adjacent to an activating group) is 1. The molecule has 1 aliphatic rings. The van der Waals surface area contributed by atoms with Gasteiger partial charge in [0.15, 0.2) is 0 Å². The SMILES string of the molecule is CNc1nnc(CN2C(=O)CN(C)C2=O)s1. The topological polar surface area (TPSA) is 78.4 Å². The first kappa shape index (κ1) is 10.8. The second-order valence-electron chi connectivity index (χ2n) is 3.37. The summed E-state index contributed by atoms with van der Waals surface area (Å²) in [4.78, 5) is 25.6. The van der Waals surface area contributed by atoms with Gasteiger partial charge in [-0.15, -0.1) is 10.2 Å². The molecule has 1 aromatic heterocycles. The van der Waals surface area contributed by atoms with Crippen molar-refractivity contribution in [2.45, 2.75) is 6.54 Å². The number of carbonyl (C=O) groups is 2. The lowest BCUT2D eigenvalue weighted by molar-refractivity contribution is -0.125. The van der Waals surface area contributed by atoms with Crippen LogP contribution in [0.3, 0.4) is 0 Å². The van der Waals surface area contributed by atoms with Gasteiger partial charge in [-0.2, -0.15) is 0 Å². The van der Waals surface area contributed by atoms with Crippen molar-refractivity contribution >= 4 is 28.4 Å². The Morgan fingerprint density at radius 1 is 1.44 bits per heavy atom. The van der Waals surface area contributed by atoms with Gasteiger partial charge in [-0.3, -0.25) is 9.69 Å². The van der Waals surface area contributed by atoms with E-state index >= 15 is 0 Å². The smallest absolute Gasteiger partial charge is 0.327 e. The van der Waals surface area contributed by atoms with E-state index in [9.17, 15) is 9.59 Å². The zero-order valence-corrected chi connectivity index (χ0v) is 9.74. The number of amides is 3. The van der Waals surface area contributed by atoms with Crippen LogP contribution < -0.4 is 5.32 Å². The molecule has 1 N–H and O–H groups in total. The predicted octanol–water partition coefficient (Wildman–Crippen LogP) is -0.0262. The molecule has 0 aromatic carbocycles. The van der Waals surface area contributed by atoms with Gasteiger partial charge in [0.2, 0.25) is 5.13 Å². The third kappa shape index (κ3) is 1.83. The number of hydrogen-bond donors (Lipinski definition) is 1. The fourth-order valence-corrected chi connectivity index (χ4v) is 2.06. The summed E-state index contributed by atoms with van der Waals surface area (Å²) in [5, 5.41) is 11.9. The van der Waals surface area contributed by atoms with Crippen molar-refractivity contribution in [1.82, 2.24) is 20.0 Å². The van der Waals surface area contributed by atoms with Gasteiger partial charge in [-0.05, 0) is 0 Å². The van der Waals surface area contributed by atoms with Crippen LogP contribution in [0.2, 0.25) is 0 Å². The number of anilines is 1. The molecular formula is C8H11N5O2S. The van der Waals surface area contributed by atoms with E-state index in [2.05, 4.69) is 15.5 Å². The summed E-state index contributed by atoms with van der Waals surface area (Å²) in [6.45, 7) is 0.331. The standard InChI is InChI=1S/C8H11N5O2S/c1-9-7-11-10-5(16-7)3-13-6(14)4-12(2)8(13)15/h3-4H2,1-2H3,(H,9,11). The summed E-state index contributed by atoms with van der Waals surface area (Å²) in [7, 11) is 3.34. The number of rotatable bonds is 3. The van der Waals surface area contributed by atoms with Crippen LogP contribution in [0.4, 0.5) is 9.93 Å². The Morgan fingerprint density at radius 2 is 2.19 bits per heavy atom. The van der Waals surface area contributed by atoms with Gasteiger partial charge in [0.1, 0.15) is 11.6 Å². The summed E-state index contributed by atoms with van der Waals surface area (Å²) in [5.74, 6) is -0.200. The summed E-state index contributed by atoms with van der Waals surface area (Å²) < 4.78 is 0. The Morgan fingerprint density at radius 3 is 2.69 bits per heavy atom. The summed E-state index contributed by atoms with van der Waals surface area (Å²) in [5.41, 5.74) is 0. The number of carbonyl (C=O) groups excluding carboxylic acids is 2. The maximum absolute atomic E-state index is 11.6. The van der Waals surface area contributed by atoms with E-state index in [1.165, 1.54) is 21.1 Å². The van der Waals surface area contributed by atoms with Gasteiger partial charge in [0, 0.05) is 14.1 Å². The minimum atomic E-state index is -0.286. The maximum atomic E-state index is 11.6. The quantitative estimate of drug-likeness (QED) is 0.752. The Labute approximate surface area is 96.1 Å². The first-order chi connectivity index (χ1) is 7.61. The number of imide groups is 1. The first-order valence-corrected chi connectivity index (χ1v) is 5.49. The fourth-order valence-electron chi connectivity index (χ4n) is 1.38. The van der Waals surface area contributed by atoms with Crippen molar-refractivity contribution in [3.8, 4) is 0 Å². The Hall–Kier alpha value is -1.70. The van der Waals surface area contributed by atoms with Crippen molar-refractivity contribution in [2.24, 2.45) is 0 Å². The Kier molecular flexibility index (Phi) is 2.73. The van der Waals surface area contributed by atoms with Crippen molar-refractivity contribution in [3.05, 3.63) is 5.01 Å². The monoisotopic (exact) mass is 241 g/mol. The average Bonchev–Trinajstić information content (AvgIpc) is 2.80. The summed E-state index contributed by atoms with van der Waals surface area (Å²) in [6.07, 6.45) is 0. The van der Waals surface area contributed by atoms with Gasteiger partial charge in [0.05, 0.1) is 6.54 Å². The highest BCUT2D eigenvalue weighted by Crippen LogP contribution is 2.18. The lowest BCUT2D eigenvalue weighted by Gasteiger charge is -2.11. The van der Waals surface area contributed by atoms with Crippen LogP contribution in [-0.4, -0.2) is 52.6 Å². The number of nitrogens with one attached hydrogen (secondary N) is 1. The second kappa shape index (κ2) is 4.05. The van der Waals surface area contributed by atoms with E-state index in [1.807, 2.05) is 0 Å². The zero-order valence-electron chi connectivity index (χ0n) is 8.93.